The molecule has 0 atom stereocenters. The van der Waals surface area contributed by atoms with Gasteiger partial charge in [-0.05, 0) is 0 Å². The molecule has 0 saturated heterocycles. The lowest BCUT2D eigenvalue weighted by molar-refractivity contribution is 0.424. The van der Waals surface area contributed by atoms with Gasteiger partial charge in [-0.2, -0.15) is 5.16 Å². The largest absolute Gasteiger partial charge is 0.377 e. The first-order valence-corrected chi connectivity index (χ1v) is 3.49. The highest BCUT2D eigenvalue weighted by Gasteiger charge is 2.03. The SMILES string of the molecule is O=c1cnc(-c2cc(=O)[nH]o2)c[nH]1. The van der Waals surface area contributed by atoms with Crippen LogP contribution in [0.1, 0.15) is 0 Å². The number of hydrogen-bond donors (Lipinski definition) is 2. The molecule has 0 amide bonds. The van der Waals surface area contributed by atoms with Crippen LogP contribution < -0.4 is 11.1 Å². The zero-order valence-corrected chi connectivity index (χ0v) is 6.40. The molecular formula is C7H5N3O3. The lowest BCUT2D eigenvalue weighted by atomic mass is 10.3. The van der Waals surface area contributed by atoms with Gasteiger partial charge in [-0.25, -0.2) is 4.98 Å². The third-order valence-electron chi connectivity index (χ3n) is 1.45. The number of nitrogens with one attached hydrogen (secondary N) is 2. The van der Waals surface area contributed by atoms with E-state index in [0.717, 1.165) is 6.20 Å². The standard InChI is InChI=1S/C7H5N3O3/c11-6-1-5(13-10-6)4-2-9-7(12)3-8-4/h1-3H,(H,9,12)(H,10,11). The number of H-pyrrole nitrogens is 2. The molecule has 2 heterocycles. The molecule has 0 aliphatic heterocycles. The van der Waals surface area contributed by atoms with Gasteiger partial charge >= 0.3 is 0 Å². The van der Waals surface area contributed by atoms with Crippen molar-refractivity contribution in [3.05, 3.63) is 39.2 Å². The third kappa shape index (κ3) is 1.41. The average molecular weight is 179 g/mol. The summed E-state index contributed by atoms with van der Waals surface area (Å²) in [5.74, 6) is 0.293. The molecule has 0 bridgehead atoms. The molecule has 0 spiro atoms. The van der Waals surface area contributed by atoms with Crippen molar-refractivity contribution in [2.24, 2.45) is 0 Å². The average Bonchev–Trinajstić information content (AvgIpc) is 2.53. The van der Waals surface area contributed by atoms with Crippen LogP contribution in [0.5, 0.6) is 0 Å². The third-order valence-corrected chi connectivity index (χ3v) is 1.45. The van der Waals surface area contributed by atoms with Crippen molar-refractivity contribution in [3.63, 3.8) is 0 Å². The lowest BCUT2D eigenvalue weighted by Gasteiger charge is -1.90. The second kappa shape index (κ2) is 2.74. The Bertz CT molecular complexity index is 502. The minimum atomic E-state index is -0.344. The Hall–Kier alpha value is -2.11. The molecule has 0 aliphatic carbocycles. The Morgan fingerprint density at radius 1 is 1.31 bits per heavy atom. The van der Waals surface area contributed by atoms with Crippen molar-refractivity contribution in [2.45, 2.75) is 0 Å². The van der Waals surface area contributed by atoms with Gasteiger partial charge in [-0.1, -0.05) is 0 Å². The summed E-state index contributed by atoms with van der Waals surface area (Å²) in [6.07, 6.45) is 2.48. The fourth-order valence-corrected chi connectivity index (χ4v) is 0.886. The van der Waals surface area contributed by atoms with E-state index >= 15 is 0 Å². The van der Waals surface area contributed by atoms with Crippen LogP contribution in [0.4, 0.5) is 0 Å². The Kier molecular flexibility index (Phi) is 1.59. The number of rotatable bonds is 1. The summed E-state index contributed by atoms with van der Waals surface area (Å²) in [5.41, 5.74) is -0.248. The second-order valence-corrected chi connectivity index (χ2v) is 2.37. The van der Waals surface area contributed by atoms with Gasteiger partial charge in [0, 0.05) is 6.20 Å². The van der Waals surface area contributed by atoms with Crippen molar-refractivity contribution >= 4 is 0 Å². The quantitative estimate of drug-likeness (QED) is 0.629. The molecule has 2 aromatic heterocycles. The highest BCUT2D eigenvalue weighted by atomic mass is 16.5. The summed E-state index contributed by atoms with van der Waals surface area (Å²) in [4.78, 5) is 27.5. The number of aromatic nitrogens is 3. The van der Waals surface area contributed by atoms with Gasteiger partial charge in [0.15, 0.2) is 5.76 Å². The van der Waals surface area contributed by atoms with Crippen molar-refractivity contribution in [3.8, 4) is 11.5 Å². The minimum Gasteiger partial charge on any atom is -0.377 e. The normalized spacial score (nSPS) is 10.2. The van der Waals surface area contributed by atoms with Gasteiger partial charge in [0.25, 0.3) is 11.1 Å². The van der Waals surface area contributed by atoms with E-state index in [-0.39, 0.29) is 11.1 Å². The molecule has 2 N–H and O–H groups in total. The molecule has 0 aliphatic rings. The van der Waals surface area contributed by atoms with Crippen LogP contribution in [0.3, 0.4) is 0 Å². The maximum Gasteiger partial charge on any atom is 0.280 e. The van der Waals surface area contributed by atoms with Gasteiger partial charge in [-0.15, -0.1) is 0 Å². The molecule has 6 nitrogen and oxygen atoms in total. The summed E-state index contributed by atoms with van der Waals surface area (Å²) in [6.45, 7) is 0. The molecular weight excluding hydrogens is 174 g/mol. The van der Waals surface area contributed by atoms with E-state index in [1.807, 2.05) is 0 Å². The van der Waals surface area contributed by atoms with E-state index in [2.05, 4.69) is 15.1 Å². The van der Waals surface area contributed by atoms with E-state index in [0.29, 0.717) is 11.5 Å². The molecule has 2 aromatic rings. The topological polar surface area (TPSA) is 91.8 Å². The van der Waals surface area contributed by atoms with Crippen molar-refractivity contribution in [1.29, 1.82) is 0 Å². The molecule has 0 unspecified atom stereocenters. The Morgan fingerprint density at radius 2 is 2.15 bits per heavy atom. The maximum atomic E-state index is 10.7. The smallest absolute Gasteiger partial charge is 0.280 e. The number of nitrogens with zero attached hydrogens (tertiary/aromatic N) is 1. The first-order chi connectivity index (χ1) is 6.25. The van der Waals surface area contributed by atoms with E-state index in [4.69, 9.17) is 4.52 Å². The monoisotopic (exact) mass is 179 g/mol. The van der Waals surface area contributed by atoms with Crippen LogP contribution in [0.15, 0.2) is 32.6 Å². The number of hydrogen-bond acceptors (Lipinski definition) is 4. The molecule has 13 heavy (non-hydrogen) atoms. The first-order valence-electron chi connectivity index (χ1n) is 3.49. The van der Waals surface area contributed by atoms with Crippen molar-refractivity contribution in [1.82, 2.24) is 15.1 Å². The minimum absolute atomic E-state index is 0.293. The van der Waals surface area contributed by atoms with E-state index in [1.165, 1.54) is 12.3 Å². The predicted molar refractivity (Wildman–Crippen MR) is 43.2 cm³/mol. The van der Waals surface area contributed by atoms with Gasteiger partial charge in [0.2, 0.25) is 0 Å². The molecule has 2 rings (SSSR count). The molecule has 6 heteroatoms. The van der Waals surface area contributed by atoms with Crippen molar-refractivity contribution < 1.29 is 4.52 Å². The summed E-state index contributed by atoms with van der Waals surface area (Å²) in [5, 5.41) is 2.12. The summed E-state index contributed by atoms with van der Waals surface area (Å²) >= 11 is 0. The zero-order chi connectivity index (χ0) is 9.26. The highest BCUT2D eigenvalue weighted by Crippen LogP contribution is 2.09. The Balaban J connectivity index is 2.53. The van der Waals surface area contributed by atoms with Crippen LogP contribution in [0.25, 0.3) is 11.5 Å². The molecule has 66 valence electrons. The van der Waals surface area contributed by atoms with E-state index in [9.17, 15) is 9.59 Å². The van der Waals surface area contributed by atoms with Crippen molar-refractivity contribution in [2.75, 3.05) is 0 Å². The first kappa shape index (κ1) is 7.53. The van der Waals surface area contributed by atoms with Gasteiger partial charge in [0.05, 0.1) is 12.3 Å². The van der Waals surface area contributed by atoms with Crippen LogP contribution >= 0.6 is 0 Å². The molecule has 0 fully saturated rings. The molecule has 0 radical (unpaired) electrons. The second-order valence-electron chi connectivity index (χ2n) is 2.37. The maximum absolute atomic E-state index is 10.7. The zero-order valence-electron chi connectivity index (χ0n) is 6.40. The van der Waals surface area contributed by atoms with Crippen LogP contribution in [-0.2, 0) is 0 Å². The summed E-state index contributed by atoms with van der Waals surface area (Å²) in [6, 6.07) is 1.25. The van der Waals surface area contributed by atoms with E-state index in [1.54, 1.807) is 0 Å². The van der Waals surface area contributed by atoms with E-state index < -0.39 is 0 Å². The Labute approximate surface area is 71.2 Å². The van der Waals surface area contributed by atoms with Crippen LogP contribution in [0.2, 0.25) is 0 Å². The Morgan fingerprint density at radius 3 is 2.69 bits per heavy atom. The van der Waals surface area contributed by atoms with Crippen LogP contribution in [-0.4, -0.2) is 15.1 Å². The van der Waals surface area contributed by atoms with Crippen LogP contribution in [0, 0.1) is 0 Å². The molecule has 0 aromatic carbocycles. The molecule has 0 saturated carbocycles. The van der Waals surface area contributed by atoms with Gasteiger partial charge in [0.1, 0.15) is 5.69 Å². The fourth-order valence-electron chi connectivity index (χ4n) is 0.886. The van der Waals surface area contributed by atoms with Gasteiger partial charge in [-0.3, -0.25) is 9.59 Å². The highest BCUT2D eigenvalue weighted by molar-refractivity contribution is 5.48. The predicted octanol–water partition coefficient (Wildman–Crippen LogP) is -0.282. The summed E-state index contributed by atoms with van der Waals surface area (Å²) in [7, 11) is 0. The summed E-state index contributed by atoms with van der Waals surface area (Å²) < 4.78 is 4.77. The number of aromatic amines is 2. The van der Waals surface area contributed by atoms with Gasteiger partial charge < -0.3 is 9.51 Å². The fraction of sp³-hybridized carbons (Fsp3) is 0. The lowest BCUT2D eigenvalue weighted by Crippen LogP contribution is -2.04.